The zero-order valence-electron chi connectivity index (χ0n) is 17.8. The summed E-state index contributed by atoms with van der Waals surface area (Å²) in [5, 5.41) is 9.79. The zero-order valence-corrected chi connectivity index (χ0v) is 17.8. The molecule has 2 N–H and O–H groups in total. The van der Waals surface area contributed by atoms with Crippen LogP contribution in [0.25, 0.3) is 5.69 Å². The Morgan fingerprint density at radius 2 is 1.55 bits per heavy atom. The van der Waals surface area contributed by atoms with E-state index in [-0.39, 0.29) is 17.2 Å². The third-order valence-corrected chi connectivity index (χ3v) is 4.98. The Hall–Kier alpha value is -4.40. The second-order valence-electron chi connectivity index (χ2n) is 7.28. The number of anilines is 2. The molecule has 0 saturated heterocycles. The SMILES string of the molecule is Cc1nn(-c2ccc(F)cc2F)c(C)c1C(=O)Nc1cccc(NC(=O)c2ccncc2)c1. The molecule has 2 heterocycles. The second kappa shape index (κ2) is 8.99. The van der Waals surface area contributed by atoms with E-state index in [9.17, 15) is 18.4 Å². The number of halogens is 2. The standard InChI is InChI=1S/C24H19F2N5O2/c1-14-22(15(2)31(30-14)21-7-6-17(25)12-20(21)26)24(33)29-19-5-3-4-18(13-19)28-23(32)16-8-10-27-11-9-16/h3-13H,1-2H3,(H,28,32)(H,29,33). The first-order valence-electron chi connectivity index (χ1n) is 9.98. The quantitative estimate of drug-likeness (QED) is 0.466. The Morgan fingerprint density at radius 3 is 2.21 bits per heavy atom. The average Bonchev–Trinajstić information content (AvgIpc) is 3.08. The maximum Gasteiger partial charge on any atom is 0.259 e. The van der Waals surface area contributed by atoms with E-state index < -0.39 is 17.5 Å². The molecule has 7 nitrogen and oxygen atoms in total. The number of nitrogens with one attached hydrogen (secondary N) is 2. The summed E-state index contributed by atoms with van der Waals surface area (Å²) >= 11 is 0. The van der Waals surface area contributed by atoms with Crippen LogP contribution in [0.4, 0.5) is 20.2 Å². The Kier molecular flexibility index (Phi) is 5.95. The van der Waals surface area contributed by atoms with Crippen LogP contribution >= 0.6 is 0 Å². The predicted molar refractivity (Wildman–Crippen MR) is 120 cm³/mol. The summed E-state index contributed by atoms with van der Waals surface area (Å²) in [5.74, 6) is -2.25. The van der Waals surface area contributed by atoms with Gasteiger partial charge >= 0.3 is 0 Å². The van der Waals surface area contributed by atoms with E-state index in [1.807, 2.05) is 0 Å². The van der Waals surface area contributed by atoms with Gasteiger partial charge in [-0.15, -0.1) is 0 Å². The Labute approximate surface area is 188 Å². The fourth-order valence-electron chi connectivity index (χ4n) is 3.43. The Balaban J connectivity index is 1.55. The van der Waals surface area contributed by atoms with Crippen LogP contribution < -0.4 is 10.6 Å². The van der Waals surface area contributed by atoms with Crippen molar-refractivity contribution in [1.29, 1.82) is 0 Å². The minimum atomic E-state index is -0.787. The van der Waals surface area contributed by atoms with Gasteiger partial charge in [0.1, 0.15) is 11.5 Å². The highest BCUT2D eigenvalue weighted by atomic mass is 19.1. The van der Waals surface area contributed by atoms with E-state index in [2.05, 4.69) is 20.7 Å². The smallest absolute Gasteiger partial charge is 0.259 e. The number of benzene rings is 2. The second-order valence-corrected chi connectivity index (χ2v) is 7.28. The van der Waals surface area contributed by atoms with Crippen LogP contribution in [0.2, 0.25) is 0 Å². The summed E-state index contributed by atoms with van der Waals surface area (Å²) in [7, 11) is 0. The van der Waals surface area contributed by atoms with Crippen LogP contribution in [-0.2, 0) is 0 Å². The number of rotatable bonds is 5. The van der Waals surface area contributed by atoms with Gasteiger partial charge in [0, 0.05) is 35.4 Å². The highest BCUT2D eigenvalue weighted by Crippen LogP contribution is 2.23. The van der Waals surface area contributed by atoms with Gasteiger partial charge in [-0.05, 0) is 56.3 Å². The van der Waals surface area contributed by atoms with Crippen LogP contribution in [0.3, 0.4) is 0 Å². The van der Waals surface area contributed by atoms with Crippen molar-refractivity contribution in [2.45, 2.75) is 13.8 Å². The van der Waals surface area contributed by atoms with E-state index in [1.165, 1.54) is 23.1 Å². The zero-order chi connectivity index (χ0) is 23.5. The number of hydrogen-bond acceptors (Lipinski definition) is 4. The monoisotopic (exact) mass is 447 g/mol. The summed E-state index contributed by atoms with van der Waals surface area (Å²) in [6.07, 6.45) is 3.04. The Morgan fingerprint density at radius 1 is 0.879 bits per heavy atom. The van der Waals surface area contributed by atoms with E-state index >= 15 is 0 Å². The van der Waals surface area contributed by atoms with Gasteiger partial charge in [-0.25, -0.2) is 13.5 Å². The van der Waals surface area contributed by atoms with Gasteiger partial charge < -0.3 is 10.6 Å². The minimum absolute atomic E-state index is 0.0388. The Bertz CT molecular complexity index is 1350. The van der Waals surface area contributed by atoms with Crippen LogP contribution in [0, 0.1) is 25.5 Å². The van der Waals surface area contributed by atoms with E-state index in [0.717, 1.165) is 12.1 Å². The van der Waals surface area contributed by atoms with Crippen LogP contribution in [-0.4, -0.2) is 26.6 Å². The summed E-state index contributed by atoms with van der Waals surface area (Å²) < 4.78 is 28.8. The molecule has 2 aromatic heterocycles. The fraction of sp³-hybridized carbons (Fsp3) is 0.0833. The third-order valence-electron chi connectivity index (χ3n) is 4.98. The number of carbonyl (C=O) groups is 2. The molecule has 2 aromatic carbocycles. The molecular formula is C24H19F2N5O2. The number of hydrogen-bond donors (Lipinski definition) is 2. The van der Waals surface area contributed by atoms with Crippen molar-refractivity contribution in [3.63, 3.8) is 0 Å². The molecule has 0 aliphatic carbocycles. The molecule has 0 saturated carbocycles. The van der Waals surface area contributed by atoms with E-state index in [1.54, 1.807) is 50.2 Å². The number of amides is 2. The lowest BCUT2D eigenvalue weighted by molar-refractivity contribution is 0.101. The van der Waals surface area contributed by atoms with Crippen molar-refractivity contribution in [3.05, 3.63) is 101 Å². The lowest BCUT2D eigenvalue weighted by atomic mass is 10.1. The number of nitrogens with zero attached hydrogens (tertiary/aromatic N) is 3. The minimum Gasteiger partial charge on any atom is -0.322 e. The molecule has 0 fully saturated rings. The maximum absolute atomic E-state index is 14.2. The lowest BCUT2D eigenvalue weighted by Crippen LogP contribution is -2.15. The van der Waals surface area contributed by atoms with Crippen LogP contribution in [0.5, 0.6) is 0 Å². The molecular weight excluding hydrogens is 428 g/mol. The first-order chi connectivity index (χ1) is 15.8. The van der Waals surface area contributed by atoms with Gasteiger partial charge in [0.2, 0.25) is 0 Å². The van der Waals surface area contributed by atoms with Crippen molar-refractivity contribution in [2.24, 2.45) is 0 Å². The topological polar surface area (TPSA) is 88.9 Å². The fourth-order valence-corrected chi connectivity index (χ4v) is 3.43. The van der Waals surface area contributed by atoms with E-state index in [0.29, 0.717) is 28.3 Å². The average molecular weight is 447 g/mol. The summed E-state index contributed by atoms with van der Waals surface area (Å²) in [6, 6.07) is 13.0. The first kappa shape index (κ1) is 21.8. The van der Waals surface area contributed by atoms with Crippen LogP contribution in [0.15, 0.2) is 67.0 Å². The van der Waals surface area contributed by atoms with Crippen molar-refractivity contribution >= 4 is 23.2 Å². The molecule has 0 spiro atoms. The number of pyridine rings is 1. The molecule has 4 rings (SSSR count). The molecule has 0 bridgehead atoms. The molecule has 33 heavy (non-hydrogen) atoms. The van der Waals surface area contributed by atoms with Crippen molar-refractivity contribution in [3.8, 4) is 5.69 Å². The summed E-state index contributed by atoms with van der Waals surface area (Å²) in [5.41, 5.74) is 2.49. The predicted octanol–water partition coefficient (Wildman–Crippen LogP) is 4.67. The largest absolute Gasteiger partial charge is 0.322 e. The van der Waals surface area contributed by atoms with E-state index in [4.69, 9.17) is 0 Å². The van der Waals surface area contributed by atoms with Gasteiger partial charge in [-0.1, -0.05) is 6.07 Å². The first-order valence-corrected chi connectivity index (χ1v) is 9.98. The molecule has 2 amide bonds. The summed E-state index contributed by atoms with van der Waals surface area (Å²) in [4.78, 5) is 29.2. The van der Waals surface area contributed by atoms with Crippen molar-refractivity contribution in [2.75, 3.05) is 10.6 Å². The highest BCUT2D eigenvalue weighted by molar-refractivity contribution is 6.07. The molecule has 0 radical (unpaired) electrons. The third kappa shape index (κ3) is 4.62. The molecule has 0 unspecified atom stereocenters. The highest BCUT2D eigenvalue weighted by Gasteiger charge is 2.21. The van der Waals surface area contributed by atoms with Gasteiger partial charge in [0.15, 0.2) is 5.82 Å². The number of aryl methyl sites for hydroxylation is 1. The summed E-state index contributed by atoms with van der Waals surface area (Å²) in [6.45, 7) is 3.26. The van der Waals surface area contributed by atoms with Gasteiger partial charge in [0.25, 0.3) is 11.8 Å². The molecule has 9 heteroatoms. The normalized spacial score (nSPS) is 10.7. The maximum atomic E-state index is 14.2. The van der Waals surface area contributed by atoms with Gasteiger partial charge in [-0.2, -0.15) is 5.10 Å². The number of carbonyl (C=O) groups excluding carboxylic acids is 2. The molecule has 0 aliphatic rings. The van der Waals surface area contributed by atoms with Gasteiger partial charge in [0.05, 0.1) is 17.0 Å². The molecule has 166 valence electrons. The molecule has 0 aliphatic heterocycles. The van der Waals surface area contributed by atoms with Crippen molar-refractivity contribution in [1.82, 2.24) is 14.8 Å². The lowest BCUT2D eigenvalue weighted by Gasteiger charge is -2.10. The van der Waals surface area contributed by atoms with Gasteiger partial charge in [-0.3, -0.25) is 14.6 Å². The van der Waals surface area contributed by atoms with Crippen molar-refractivity contribution < 1.29 is 18.4 Å². The molecule has 0 atom stereocenters. The van der Waals surface area contributed by atoms with Crippen LogP contribution in [0.1, 0.15) is 32.1 Å². The molecule has 4 aromatic rings. The number of aromatic nitrogens is 3.